The number of rotatable bonds is 3. The minimum absolute atomic E-state index is 0.0108. The lowest BCUT2D eigenvalue weighted by molar-refractivity contribution is -0.135. The van der Waals surface area contributed by atoms with Crippen LogP contribution in [0.15, 0.2) is 0 Å². The van der Waals surface area contributed by atoms with Crippen molar-refractivity contribution in [1.82, 2.24) is 5.32 Å². The Labute approximate surface area is 115 Å². The Balaban J connectivity index is 1.59. The van der Waals surface area contributed by atoms with Gasteiger partial charge in [0.15, 0.2) is 0 Å². The summed E-state index contributed by atoms with van der Waals surface area (Å²) in [6, 6.07) is 2.50. The standard InChI is InChI=1S/C16H24N2O/c1-10-7-16(8-10,9-17)15(19)18-11(2)14-6-12-3-4-13(14)5-12/h10-14H,3-8H2,1-2H3,(H,18,19). The number of hydrogen-bond donors (Lipinski definition) is 1. The molecule has 1 amide bonds. The van der Waals surface area contributed by atoms with Crippen LogP contribution in [0.25, 0.3) is 0 Å². The van der Waals surface area contributed by atoms with Crippen LogP contribution in [0.2, 0.25) is 0 Å². The van der Waals surface area contributed by atoms with Gasteiger partial charge >= 0.3 is 0 Å². The zero-order valence-corrected chi connectivity index (χ0v) is 12.0. The largest absolute Gasteiger partial charge is 0.352 e. The third-order valence-corrected chi connectivity index (χ3v) is 5.84. The van der Waals surface area contributed by atoms with Crippen LogP contribution in [0.4, 0.5) is 0 Å². The highest BCUT2D eigenvalue weighted by molar-refractivity contribution is 5.86. The van der Waals surface area contributed by atoms with E-state index in [1.165, 1.54) is 25.7 Å². The molecule has 3 nitrogen and oxygen atoms in total. The predicted octanol–water partition coefficient (Wildman–Crippen LogP) is 2.87. The predicted molar refractivity (Wildman–Crippen MR) is 73.0 cm³/mol. The number of nitrogens with zero attached hydrogens (tertiary/aromatic N) is 1. The van der Waals surface area contributed by atoms with Gasteiger partial charge in [0.25, 0.3) is 0 Å². The van der Waals surface area contributed by atoms with Gasteiger partial charge in [0, 0.05) is 6.04 Å². The molecule has 0 aliphatic heterocycles. The first kappa shape index (κ1) is 13.0. The molecule has 3 rings (SSSR count). The molecular formula is C16H24N2O. The Bertz CT molecular complexity index is 419. The van der Waals surface area contributed by atoms with Crippen LogP contribution in [0.1, 0.15) is 52.4 Å². The van der Waals surface area contributed by atoms with Crippen molar-refractivity contribution in [3.8, 4) is 6.07 Å². The van der Waals surface area contributed by atoms with Crippen molar-refractivity contribution in [2.75, 3.05) is 0 Å². The quantitative estimate of drug-likeness (QED) is 0.848. The number of carbonyl (C=O) groups excluding carboxylic acids is 1. The molecule has 19 heavy (non-hydrogen) atoms. The van der Waals surface area contributed by atoms with E-state index < -0.39 is 5.41 Å². The molecule has 0 radical (unpaired) electrons. The molecule has 0 aromatic rings. The topological polar surface area (TPSA) is 52.9 Å². The monoisotopic (exact) mass is 260 g/mol. The summed E-state index contributed by atoms with van der Waals surface area (Å²) < 4.78 is 0. The molecular weight excluding hydrogens is 236 g/mol. The Morgan fingerprint density at radius 1 is 1.37 bits per heavy atom. The third kappa shape index (κ3) is 2.06. The summed E-state index contributed by atoms with van der Waals surface area (Å²) in [5.41, 5.74) is -0.717. The fourth-order valence-corrected chi connectivity index (χ4v) is 4.82. The Morgan fingerprint density at radius 3 is 2.58 bits per heavy atom. The van der Waals surface area contributed by atoms with E-state index in [1.807, 2.05) is 0 Å². The van der Waals surface area contributed by atoms with E-state index in [2.05, 4.69) is 25.2 Å². The zero-order chi connectivity index (χ0) is 13.6. The molecule has 3 fully saturated rings. The van der Waals surface area contributed by atoms with Crippen molar-refractivity contribution in [2.45, 2.75) is 58.4 Å². The molecule has 0 aromatic carbocycles. The van der Waals surface area contributed by atoms with Gasteiger partial charge in [0.05, 0.1) is 6.07 Å². The minimum atomic E-state index is -0.717. The third-order valence-electron chi connectivity index (χ3n) is 5.84. The second-order valence-electron chi connectivity index (χ2n) is 7.31. The van der Waals surface area contributed by atoms with Gasteiger partial charge in [-0.3, -0.25) is 4.79 Å². The van der Waals surface area contributed by atoms with E-state index in [4.69, 9.17) is 0 Å². The smallest absolute Gasteiger partial charge is 0.240 e. The normalized spacial score (nSPS) is 45.3. The maximum atomic E-state index is 12.4. The van der Waals surface area contributed by atoms with Gasteiger partial charge in [0.1, 0.15) is 5.41 Å². The van der Waals surface area contributed by atoms with Crippen LogP contribution in [-0.4, -0.2) is 11.9 Å². The number of carbonyl (C=O) groups is 1. The summed E-state index contributed by atoms with van der Waals surface area (Å²) in [5, 5.41) is 12.5. The van der Waals surface area contributed by atoms with Crippen LogP contribution in [0.3, 0.4) is 0 Å². The van der Waals surface area contributed by atoms with Gasteiger partial charge in [-0.05, 0) is 62.7 Å². The first-order valence-electron chi connectivity index (χ1n) is 7.76. The molecule has 4 atom stereocenters. The lowest BCUT2D eigenvalue weighted by atomic mass is 9.63. The van der Waals surface area contributed by atoms with Crippen molar-refractivity contribution >= 4 is 5.91 Å². The first-order chi connectivity index (χ1) is 9.04. The molecule has 104 valence electrons. The SMILES string of the molecule is CC1CC(C#N)(C(=O)NC(C)C2CC3CCC2C3)C1. The van der Waals surface area contributed by atoms with Gasteiger partial charge in [0.2, 0.25) is 5.91 Å². The van der Waals surface area contributed by atoms with Crippen LogP contribution in [0.5, 0.6) is 0 Å². The van der Waals surface area contributed by atoms with Gasteiger partial charge in [-0.1, -0.05) is 13.3 Å². The molecule has 0 heterocycles. The van der Waals surface area contributed by atoms with Crippen LogP contribution < -0.4 is 5.32 Å². The molecule has 3 aliphatic carbocycles. The van der Waals surface area contributed by atoms with Crippen molar-refractivity contribution in [3.05, 3.63) is 0 Å². The van der Waals surface area contributed by atoms with E-state index in [0.29, 0.717) is 11.8 Å². The summed E-state index contributed by atoms with van der Waals surface area (Å²) >= 11 is 0. The summed E-state index contributed by atoms with van der Waals surface area (Å²) in [6.45, 7) is 4.25. The molecule has 1 N–H and O–H groups in total. The van der Waals surface area contributed by atoms with E-state index in [-0.39, 0.29) is 11.9 Å². The lowest BCUT2D eigenvalue weighted by Gasteiger charge is -2.40. The first-order valence-corrected chi connectivity index (χ1v) is 7.76. The fraction of sp³-hybridized carbons (Fsp3) is 0.875. The van der Waals surface area contributed by atoms with E-state index in [9.17, 15) is 10.1 Å². The average Bonchev–Trinajstić information content (AvgIpc) is 2.96. The van der Waals surface area contributed by atoms with Crippen LogP contribution >= 0.6 is 0 Å². The number of hydrogen-bond acceptors (Lipinski definition) is 2. The highest BCUT2D eigenvalue weighted by atomic mass is 16.2. The molecule has 0 aromatic heterocycles. The lowest BCUT2D eigenvalue weighted by Crippen LogP contribution is -2.52. The highest BCUT2D eigenvalue weighted by Crippen LogP contribution is 2.50. The number of amides is 1. The molecule has 3 saturated carbocycles. The highest BCUT2D eigenvalue weighted by Gasteiger charge is 2.50. The average molecular weight is 260 g/mol. The number of nitriles is 1. The van der Waals surface area contributed by atoms with Gasteiger partial charge in [-0.2, -0.15) is 5.26 Å². The zero-order valence-electron chi connectivity index (χ0n) is 12.0. The second kappa shape index (κ2) is 4.51. The Kier molecular flexibility index (Phi) is 3.08. The molecule has 0 saturated heterocycles. The van der Waals surface area contributed by atoms with Crippen LogP contribution in [0, 0.1) is 40.4 Å². The summed E-state index contributed by atoms with van der Waals surface area (Å²) in [5.74, 6) is 2.88. The molecule has 4 unspecified atom stereocenters. The van der Waals surface area contributed by atoms with Crippen molar-refractivity contribution in [2.24, 2.45) is 29.1 Å². The maximum Gasteiger partial charge on any atom is 0.240 e. The van der Waals surface area contributed by atoms with E-state index >= 15 is 0 Å². The van der Waals surface area contributed by atoms with Gasteiger partial charge in [-0.25, -0.2) is 0 Å². The van der Waals surface area contributed by atoms with Crippen molar-refractivity contribution in [1.29, 1.82) is 5.26 Å². The summed E-state index contributed by atoms with van der Waals surface area (Å²) in [7, 11) is 0. The van der Waals surface area contributed by atoms with Gasteiger partial charge < -0.3 is 5.32 Å². The summed E-state index contributed by atoms with van der Waals surface area (Å²) in [4.78, 5) is 12.4. The minimum Gasteiger partial charge on any atom is -0.352 e. The van der Waals surface area contributed by atoms with E-state index in [0.717, 1.165) is 24.7 Å². The van der Waals surface area contributed by atoms with Crippen molar-refractivity contribution in [3.63, 3.8) is 0 Å². The summed E-state index contributed by atoms with van der Waals surface area (Å²) in [6.07, 6.45) is 6.85. The number of fused-ring (bicyclic) bond motifs is 2. The second-order valence-corrected chi connectivity index (χ2v) is 7.31. The maximum absolute atomic E-state index is 12.4. The fourth-order valence-electron chi connectivity index (χ4n) is 4.82. The van der Waals surface area contributed by atoms with Crippen LogP contribution in [-0.2, 0) is 4.79 Å². The van der Waals surface area contributed by atoms with Gasteiger partial charge in [-0.15, -0.1) is 0 Å². The number of nitrogens with one attached hydrogen (secondary N) is 1. The molecule has 2 bridgehead atoms. The van der Waals surface area contributed by atoms with E-state index in [1.54, 1.807) is 0 Å². The Morgan fingerprint density at radius 2 is 2.11 bits per heavy atom. The Hall–Kier alpha value is -1.04. The van der Waals surface area contributed by atoms with Crippen molar-refractivity contribution < 1.29 is 4.79 Å². The molecule has 3 aliphatic rings. The molecule has 0 spiro atoms. The molecule has 3 heteroatoms.